The van der Waals surface area contributed by atoms with Crippen molar-refractivity contribution in [1.82, 2.24) is 9.80 Å². The topological polar surface area (TPSA) is 102 Å². The lowest BCUT2D eigenvalue weighted by atomic mass is 10.0. The van der Waals surface area contributed by atoms with Crippen LogP contribution in [0, 0.1) is 23.2 Å². The quantitative estimate of drug-likeness (QED) is 0.692. The molecule has 1 saturated heterocycles. The van der Waals surface area contributed by atoms with Crippen LogP contribution in [0.3, 0.4) is 0 Å². The van der Waals surface area contributed by atoms with E-state index in [1.807, 2.05) is 33.8 Å². The zero-order valence-electron chi connectivity index (χ0n) is 16.8. The normalized spacial score (nSPS) is 18.1. The number of imide groups is 1. The summed E-state index contributed by atoms with van der Waals surface area (Å²) in [5.74, 6) is -1.42. The van der Waals surface area contributed by atoms with Gasteiger partial charge in [-0.3, -0.25) is 4.79 Å². The molecule has 7 nitrogen and oxygen atoms in total. The Morgan fingerprint density at radius 2 is 1.75 bits per heavy atom. The molecule has 1 aliphatic rings. The van der Waals surface area contributed by atoms with Crippen LogP contribution in [0.15, 0.2) is 24.3 Å². The highest BCUT2D eigenvalue weighted by Gasteiger charge is 2.49. The Hall–Kier alpha value is -2.88. The third-order valence-corrected chi connectivity index (χ3v) is 4.77. The molecule has 0 aromatic heterocycles. The second-order valence-electron chi connectivity index (χ2n) is 8.06. The van der Waals surface area contributed by atoms with Crippen LogP contribution in [-0.2, 0) is 16.1 Å². The van der Waals surface area contributed by atoms with Gasteiger partial charge in [0.2, 0.25) is 0 Å². The molecule has 2 atom stereocenters. The first kappa shape index (κ1) is 21.4. The van der Waals surface area contributed by atoms with Gasteiger partial charge in [-0.1, -0.05) is 39.8 Å². The van der Waals surface area contributed by atoms with Gasteiger partial charge in [0.15, 0.2) is 0 Å². The SMILES string of the molecule is CC(C)CC1C(=O)N(C(CC(C)C)C(=O)O)C(=O)N1Cc1ccc(C#N)cc1. The number of rotatable bonds is 8. The predicted molar refractivity (Wildman–Crippen MR) is 103 cm³/mol. The number of benzene rings is 1. The maximum Gasteiger partial charge on any atom is 0.328 e. The van der Waals surface area contributed by atoms with E-state index in [2.05, 4.69) is 0 Å². The molecule has 2 unspecified atom stereocenters. The average molecular weight is 385 g/mol. The van der Waals surface area contributed by atoms with Gasteiger partial charge in [-0.15, -0.1) is 0 Å². The van der Waals surface area contributed by atoms with Crippen LogP contribution in [0.4, 0.5) is 4.79 Å². The van der Waals surface area contributed by atoms with Crippen molar-refractivity contribution in [1.29, 1.82) is 5.26 Å². The summed E-state index contributed by atoms with van der Waals surface area (Å²) in [6, 6.07) is 6.44. The largest absolute Gasteiger partial charge is 0.480 e. The minimum absolute atomic E-state index is 0.0258. The highest BCUT2D eigenvalue weighted by molar-refractivity contribution is 6.06. The molecular weight excluding hydrogens is 358 g/mol. The molecule has 0 radical (unpaired) electrons. The number of nitrogens with zero attached hydrogens (tertiary/aromatic N) is 3. The molecule has 7 heteroatoms. The Bertz CT molecular complexity index is 780. The molecule has 150 valence electrons. The number of hydrogen-bond donors (Lipinski definition) is 1. The summed E-state index contributed by atoms with van der Waals surface area (Å²) in [5.41, 5.74) is 1.29. The highest BCUT2D eigenvalue weighted by atomic mass is 16.4. The maximum atomic E-state index is 13.1. The lowest BCUT2D eigenvalue weighted by molar-refractivity contribution is -0.147. The van der Waals surface area contributed by atoms with Gasteiger partial charge in [0, 0.05) is 6.54 Å². The van der Waals surface area contributed by atoms with E-state index in [1.54, 1.807) is 24.3 Å². The maximum absolute atomic E-state index is 13.1. The fourth-order valence-electron chi connectivity index (χ4n) is 3.44. The third kappa shape index (κ3) is 4.69. The molecule has 0 spiro atoms. The van der Waals surface area contributed by atoms with E-state index in [0.717, 1.165) is 10.5 Å². The summed E-state index contributed by atoms with van der Waals surface area (Å²) in [5, 5.41) is 18.6. The molecule has 1 heterocycles. The summed E-state index contributed by atoms with van der Waals surface area (Å²) >= 11 is 0. The van der Waals surface area contributed by atoms with Crippen LogP contribution in [-0.4, -0.2) is 44.9 Å². The lowest BCUT2D eigenvalue weighted by Gasteiger charge is -2.24. The molecule has 0 aliphatic carbocycles. The number of aliphatic carboxylic acids is 1. The first-order valence-corrected chi connectivity index (χ1v) is 9.51. The van der Waals surface area contributed by atoms with E-state index in [-0.39, 0.29) is 24.8 Å². The van der Waals surface area contributed by atoms with Crippen molar-refractivity contribution in [3.8, 4) is 6.07 Å². The number of carboxylic acid groups (broad SMARTS) is 1. The Balaban J connectivity index is 2.35. The van der Waals surface area contributed by atoms with E-state index in [1.165, 1.54) is 4.90 Å². The minimum atomic E-state index is -1.17. The molecule has 1 fully saturated rings. The fraction of sp³-hybridized carbons (Fsp3) is 0.524. The number of carboxylic acids is 1. The number of urea groups is 1. The standard InChI is InChI=1S/C21H27N3O4/c1-13(2)9-17-19(25)24(18(20(26)27)10-14(3)4)21(28)23(17)12-16-7-5-15(11-22)6-8-16/h5-8,13-14,17-18H,9-10,12H2,1-4H3,(H,26,27). The third-order valence-electron chi connectivity index (χ3n) is 4.77. The zero-order valence-corrected chi connectivity index (χ0v) is 16.8. The molecule has 1 N–H and O–H groups in total. The van der Waals surface area contributed by atoms with Gasteiger partial charge < -0.3 is 10.0 Å². The van der Waals surface area contributed by atoms with Crippen LogP contribution in [0.25, 0.3) is 0 Å². The van der Waals surface area contributed by atoms with Gasteiger partial charge in [-0.25, -0.2) is 14.5 Å². The van der Waals surface area contributed by atoms with Gasteiger partial charge in [-0.05, 0) is 42.4 Å². The lowest BCUT2D eigenvalue weighted by Crippen LogP contribution is -2.46. The molecule has 2 rings (SSSR count). The molecule has 0 bridgehead atoms. The Labute approximate surface area is 165 Å². The van der Waals surface area contributed by atoms with E-state index in [0.29, 0.717) is 12.0 Å². The van der Waals surface area contributed by atoms with Crippen molar-refractivity contribution in [2.24, 2.45) is 11.8 Å². The van der Waals surface area contributed by atoms with Crippen LogP contribution in [0.5, 0.6) is 0 Å². The van der Waals surface area contributed by atoms with Crippen LogP contribution < -0.4 is 0 Å². The monoisotopic (exact) mass is 385 g/mol. The zero-order chi connectivity index (χ0) is 21.0. The van der Waals surface area contributed by atoms with Gasteiger partial charge in [0.05, 0.1) is 11.6 Å². The Kier molecular flexibility index (Phi) is 6.79. The molecule has 1 aromatic rings. The molecule has 3 amide bonds. The van der Waals surface area contributed by atoms with Gasteiger partial charge in [0.25, 0.3) is 5.91 Å². The Morgan fingerprint density at radius 3 is 2.21 bits per heavy atom. The van der Waals surface area contributed by atoms with Crippen LogP contribution in [0.2, 0.25) is 0 Å². The molecule has 28 heavy (non-hydrogen) atoms. The van der Waals surface area contributed by atoms with E-state index >= 15 is 0 Å². The van der Waals surface area contributed by atoms with Crippen molar-refractivity contribution in [3.05, 3.63) is 35.4 Å². The number of nitriles is 1. The van der Waals surface area contributed by atoms with Crippen molar-refractivity contribution in [2.45, 2.75) is 59.2 Å². The molecule has 0 saturated carbocycles. The van der Waals surface area contributed by atoms with E-state index in [9.17, 15) is 19.5 Å². The number of carbonyl (C=O) groups excluding carboxylic acids is 2. The first-order valence-electron chi connectivity index (χ1n) is 9.51. The van der Waals surface area contributed by atoms with Crippen LogP contribution in [0.1, 0.15) is 51.7 Å². The molecule has 1 aromatic carbocycles. The van der Waals surface area contributed by atoms with Gasteiger partial charge in [0.1, 0.15) is 12.1 Å². The summed E-state index contributed by atoms with van der Waals surface area (Å²) in [6.45, 7) is 7.84. The summed E-state index contributed by atoms with van der Waals surface area (Å²) in [7, 11) is 0. The van der Waals surface area contributed by atoms with Gasteiger partial charge in [-0.2, -0.15) is 5.26 Å². The van der Waals surface area contributed by atoms with E-state index < -0.39 is 30.0 Å². The van der Waals surface area contributed by atoms with Crippen LogP contribution >= 0.6 is 0 Å². The summed E-state index contributed by atoms with van der Waals surface area (Å²) in [6.07, 6.45) is 0.678. The fourth-order valence-corrected chi connectivity index (χ4v) is 3.44. The summed E-state index contributed by atoms with van der Waals surface area (Å²) < 4.78 is 0. The number of amides is 3. The van der Waals surface area contributed by atoms with E-state index in [4.69, 9.17) is 5.26 Å². The highest BCUT2D eigenvalue weighted by Crippen LogP contribution is 2.29. The first-order chi connectivity index (χ1) is 13.1. The van der Waals surface area contributed by atoms with Crippen molar-refractivity contribution in [2.75, 3.05) is 0 Å². The van der Waals surface area contributed by atoms with Crippen molar-refractivity contribution in [3.63, 3.8) is 0 Å². The molecule has 1 aliphatic heterocycles. The van der Waals surface area contributed by atoms with Gasteiger partial charge >= 0.3 is 12.0 Å². The Morgan fingerprint density at radius 1 is 1.14 bits per heavy atom. The second-order valence-corrected chi connectivity index (χ2v) is 8.06. The second kappa shape index (κ2) is 8.87. The smallest absolute Gasteiger partial charge is 0.328 e. The van der Waals surface area contributed by atoms with Crippen molar-refractivity contribution >= 4 is 17.9 Å². The average Bonchev–Trinajstić information content (AvgIpc) is 2.84. The van der Waals surface area contributed by atoms with Crippen molar-refractivity contribution < 1.29 is 19.5 Å². The summed E-state index contributed by atoms with van der Waals surface area (Å²) in [4.78, 5) is 40.3. The molecular formula is C21H27N3O4. The predicted octanol–water partition coefficient (Wildman–Crippen LogP) is 3.24. The number of carbonyl (C=O) groups is 3. The number of hydrogen-bond acceptors (Lipinski definition) is 4. The minimum Gasteiger partial charge on any atom is -0.480 e.